The first-order chi connectivity index (χ1) is 11.4. The molecule has 6 nitrogen and oxygen atoms in total. The zero-order chi connectivity index (χ0) is 17.7. The van der Waals surface area contributed by atoms with Crippen LogP contribution in [0.3, 0.4) is 0 Å². The minimum absolute atomic E-state index is 0.257. The van der Waals surface area contributed by atoms with Gasteiger partial charge in [0.1, 0.15) is 0 Å². The van der Waals surface area contributed by atoms with Gasteiger partial charge >= 0.3 is 5.97 Å². The summed E-state index contributed by atoms with van der Waals surface area (Å²) in [5.41, 5.74) is 3.33. The maximum atomic E-state index is 11.8. The fraction of sp³-hybridized carbons (Fsp3) is 0.500. The van der Waals surface area contributed by atoms with E-state index in [9.17, 15) is 9.59 Å². The van der Waals surface area contributed by atoms with Crippen LogP contribution in [0.15, 0.2) is 12.1 Å². The molecule has 0 atom stereocenters. The van der Waals surface area contributed by atoms with Crippen LogP contribution in [0.1, 0.15) is 42.3 Å². The molecule has 0 radical (unpaired) electrons. The molecule has 2 rings (SSSR count). The Morgan fingerprint density at radius 3 is 2.79 bits per heavy atom. The topological polar surface area (TPSA) is 75.3 Å². The van der Waals surface area contributed by atoms with Crippen LogP contribution in [0, 0.1) is 25.2 Å². The molecule has 24 heavy (non-hydrogen) atoms. The van der Waals surface area contributed by atoms with E-state index in [4.69, 9.17) is 10.00 Å². The summed E-state index contributed by atoms with van der Waals surface area (Å²) in [4.78, 5) is 24.9. The summed E-state index contributed by atoms with van der Waals surface area (Å²) >= 11 is 0. The number of amides is 1. The first-order valence-corrected chi connectivity index (χ1v) is 8.08. The Bertz CT molecular complexity index is 693. The Kier molecular flexibility index (Phi) is 5.80. The van der Waals surface area contributed by atoms with E-state index in [1.807, 2.05) is 13.0 Å². The highest BCUT2D eigenvalue weighted by atomic mass is 16.5. The van der Waals surface area contributed by atoms with Gasteiger partial charge in [0, 0.05) is 37.1 Å². The summed E-state index contributed by atoms with van der Waals surface area (Å²) in [6.45, 7) is 4.13. The maximum Gasteiger partial charge on any atom is 0.331 e. The summed E-state index contributed by atoms with van der Waals surface area (Å²) in [6, 6.07) is 4.62. The number of esters is 1. The number of ether oxygens (including phenoxy) is 1. The molecule has 1 amide bonds. The molecule has 128 valence electrons. The molecule has 1 fully saturated rings. The van der Waals surface area contributed by atoms with Gasteiger partial charge in [-0.2, -0.15) is 5.26 Å². The van der Waals surface area contributed by atoms with Crippen molar-refractivity contribution in [3.63, 3.8) is 0 Å². The molecule has 1 saturated carbocycles. The van der Waals surface area contributed by atoms with Gasteiger partial charge in [0.2, 0.25) is 0 Å². The van der Waals surface area contributed by atoms with Gasteiger partial charge in [0.25, 0.3) is 5.91 Å². The third kappa shape index (κ3) is 4.48. The number of hydrogen-bond donors (Lipinski definition) is 0. The lowest BCUT2D eigenvalue weighted by molar-refractivity contribution is -0.147. The van der Waals surface area contributed by atoms with Gasteiger partial charge in [-0.25, -0.2) is 4.79 Å². The summed E-state index contributed by atoms with van der Waals surface area (Å²) in [6.07, 6.45) is 5.76. The first kappa shape index (κ1) is 17.8. The molecule has 6 heteroatoms. The fourth-order valence-corrected chi connectivity index (χ4v) is 2.66. The molecule has 1 aliphatic rings. The van der Waals surface area contributed by atoms with Crippen molar-refractivity contribution in [1.29, 1.82) is 5.26 Å². The predicted molar refractivity (Wildman–Crippen MR) is 90.0 cm³/mol. The van der Waals surface area contributed by atoms with Crippen LogP contribution in [-0.4, -0.2) is 41.5 Å². The van der Waals surface area contributed by atoms with E-state index in [0.29, 0.717) is 12.6 Å². The lowest BCUT2D eigenvalue weighted by atomic mass is 10.2. The normalized spacial score (nSPS) is 13.8. The third-order valence-corrected chi connectivity index (χ3v) is 4.16. The zero-order valence-corrected chi connectivity index (χ0v) is 14.4. The second-order valence-electron chi connectivity index (χ2n) is 6.09. The van der Waals surface area contributed by atoms with E-state index < -0.39 is 5.97 Å². The average molecular weight is 329 g/mol. The van der Waals surface area contributed by atoms with Crippen LogP contribution in [0.5, 0.6) is 0 Å². The third-order valence-electron chi connectivity index (χ3n) is 4.16. The molecule has 0 bridgehead atoms. The number of nitriles is 1. The van der Waals surface area contributed by atoms with Crippen LogP contribution >= 0.6 is 0 Å². The lowest BCUT2D eigenvalue weighted by Gasteiger charge is -2.14. The van der Waals surface area contributed by atoms with Gasteiger partial charge in [-0.15, -0.1) is 0 Å². The molecular weight excluding hydrogens is 306 g/mol. The van der Waals surface area contributed by atoms with E-state index in [0.717, 1.165) is 11.3 Å². The SMILES string of the molecule is Cc1cc(/C=C/C(=O)OCC(=O)N(C)CCC#N)c(C)n1C1CC1. The van der Waals surface area contributed by atoms with Crippen molar-refractivity contribution in [2.75, 3.05) is 20.2 Å². The lowest BCUT2D eigenvalue weighted by Crippen LogP contribution is -2.31. The van der Waals surface area contributed by atoms with Crippen molar-refractivity contribution in [3.8, 4) is 6.07 Å². The Morgan fingerprint density at radius 1 is 1.46 bits per heavy atom. The van der Waals surface area contributed by atoms with Gasteiger partial charge < -0.3 is 14.2 Å². The average Bonchev–Trinajstić information content (AvgIpc) is 3.34. The highest BCUT2D eigenvalue weighted by Crippen LogP contribution is 2.38. The summed E-state index contributed by atoms with van der Waals surface area (Å²) in [5, 5.41) is 8.49. The molecule has 1 aliphatic carbocycles. The number of nitrogens with zero attached hydrogens (tertiary/aromatic N) is 3. The maximum absolute atomic E-state index is 11.8. The van der Waals surface area contributed by atoms with Crippen LogP contribution in [0.2, 0.25) is 0 Å². The van der Waals surface area contributed by atoms with Crippen molar-refractivity contribution in [1.82, 2.24) is 9.47 Å². The van der Waals surface area contributed by atoms with E-state index >= 15 is 0 Å². The van der Waals surface area contributed by atoms with Crippen LogP contribution in [0.4, 0.5) is 0 Å². The molecule has 1 heterocycles. The molecule has 0 saturated heterocycles. The first-order valence-electron chi connectivity index (χ1n) is 8.08. The second kappa shape index (κ2) is 7.82. The van der Waals surface area contributed by atoms with Crippen molar-refractivity contribution in [3.05, 3.63) is 29.1 Å². The molecule has 0 unspecified atom stereocenters. The van der Waals surface area contributed by atoms with Crippen molar-refractivity contribution >= 4 is 18.0 Å². The Morgan fingerprint density at radius 2 is 2.17 bits per heavy atom. The molecular formula is C18H23N3O3. The number of aromatic nitrogens is 1. The van der Waals surface area contributed by atoms with E-state index in [-0.39, 0.29) is 18.9 Å². The van der Waals surface area contributed by atoms with Crippen LogP contribution in [-0.2, 0) is 14.3 Å². The highest BCUT2D eigenvalue weighted by molar-refractivity contribution is 5.89. The molecule has 0 spiro atoms. The smallest absolute Gasteiger partial charge is 0.331 e. The number of carbonyl (C=O) groups is 2. The van der Waals surface area contributed by atoms with Gasteiger partial charge in [-0.3, -0.25) is 4.79 Å². The summed E-state index contributed by atoms with van der Waals surface area (Å²) in [7, 11) is 1.58. The monoisotopic (exact) mass is 329 g/mol. The van der Waals surface area contributed by atoms with Gasteiger partial charge in [-0.1, -0.05) is 0 Å². The Balaban J connectivity index is 1.86. The van der Waals surface area contributed by atoms with Gasteiger partial charge in [0.05, 0.1) is 12.5 Å². The fourth-order valence-electron chi connectivity index (χ4n) is 2.66. The van der Waals surface area contributed by atoms with Gasteiger partial charge in [0.15, 0.2) is 6.61 Å². The molecule has 0 aromatic carbocycles. The molecule has 1 aromatic heterocycles. The number of aryl methyl sites for hydroxylation is 1. The van der Waals surface area contributed by atoms with E-state index in [1.165, 1.54) is 29.5 Å². The number of hydrogen-bond acceptors (Lipinski definition) is 4. The van der Waals surface area contributed by atoms with Crippen LogP contribution < -0.4 is 0 Å². The Hall–Kier alpha value is -2.55. The highest BCUT2D eigenvalue weighted by Gasteiger charge is 2.26. The number of rotatable bonds is 7. The predicted octanol–water partition coefficient (Wildman–Crippen LogP) is 2.37. The van der Waals surface area contributed by atoms with Crippen molar-refractivity contribution in [2.24, 2.45) is 0 Å². The minimum Gasteiger partial charge on any atom is -0.452 e. The quantitative estimate of drug-likeness (QED) is 0.568. The molecule has 0 N–H and O–H groups in total. The van der Waals surface area contributed by atoms with Crippen molar-refractivity contribution < 1.29 is 14.3 Å². The minimum atomic E-state index is -0.548. The largest absolute Gasteiger partial charge is 0.452 e. The second-order valence-corrected chi connectivity index (χ2v) is 6.09. The molecule has 1 aromatic rings. The number of likely N-dealkylation sites (N-methyl/N-ethyl adjacent to an activating group) is 1. The molecule has 0 aliphatic heterocycles. The summed E-state index contributed by atoms with van der Waals surface area (Å²) < 4.78 is 7.26. The van der Waals surface area contributed by atoms with E-state index in [2.05, 4.69) is 17.6 Å². The summed E-state index contributed by atoms with van der Waals surface area (Å²) in [5.74, 6) is -0.868. The van der Waals surface area contributed by atoms with Crippen LogP contribution in [0.25, 0.3) is 6.08 Å². The van der Waals surface area contributed by atoms with E-state index in [1.54, 1.807) is 13.1 Å². The van der Waals surface area contributed by atoms with Gasteiger partial charge in [-0.05, 0) is 44.4 Å². The van der Waals surface area contributed by atoms with Crippen molar-refractivity contribution in [2.45, 2.75) is 39.2 Å². The Labute approximate surface area is 142 Å². The number of carbonyl (C=O) groups excluding carboxylic acids is 2. The zero-order valence-electron chi connectivity index (χ0n) is 14.4. The standard InChI is InChI=1S/C18H23N3O3/c1-13-11-15(14(2)21(13)16-6-7-16)5-8-18(23)24-12-17(22)20(3)10-4-9-19/h5,8,11,16H,4,6-7,10,12H2,1-3H3/b8-5+.